The minimum Gasteiger partial charge on any atom is -0.315 e. The molecule has 0 aliphatic rings. The lowest BCUT2D eigenvalue weighted by molar-refractivity contribution is -0.116. The lowest BCUT2D eigenvalue weighted by Gasteiger charge is -2.26. The SMILES string of the molecule is CCCCN(CC(=O)Nc1cc(C(C)(C)C)nn1-c1ccc(Cl)cc1)C(=O)Nc1c(C(C)C)cccc1C(C)C. The molecule has 0 atom stereocenters. The molecule has 0 saturated carbocycles. The van der Waals surface area contributed by atoms with Gasteiger partial charge >= 0.3 is 6.03 Å². The summed E-state index contributed by atoms with van der Waals surface area (Å²) >= 11 is 6.10. The fourth-order valence-corrected chi connectivity index (χ4v) is 4.58. The van der Waals surface area contributed by atoms with Crippen LogP contribution in [0.1, 0.15) is 96.9 Å². The van der Waals surface area contributed by atoms with E-state index in [0.29, 0.717) is 17.4 Å². The second kappa shape index (κ2) is 13.4. The highest BCUT2D eigenvalue weighted by atomic mass is 35.5. The number of para-hydroxylation sites is 1. The van der Waals surface area contributed by atoms with Crippen molar-refractivity contribution >= 4 is 35.0 Å². The number of halogens is 1. The molecule has 1 aromatic heterocycles. The Morgan fingerprint density at radius 3 is 2.10 bits per heavy atom. The molecule has 8 heteroatoms. The minimum atomic E-state index is -0.289. The van der Waals surface area contributed by atoms with Gasteiger partial charge in [0, 0.05) is 28.7 Å². The summed E-state index contributed by atoms with van der Waals surface area (Å²) in [5.74, 6) is 0.738. The number of hydrogen-bond donors (Lipinski definition) is 2. The highest BCUT2D eigenvalue weighted by Crippen LogP contribution is 2.33. The van der Waals surface area contributed by atoms with Crippen molar-refractivity contribution in [2.24, 2.45) is 0 Å². The first kappa shape index (κ1) is 31.2. The summed E-state index contributed by atoms with van der Waals surface area (Å²) in [6, 6.07) is 15.1. The number of nitrogens with zero attached hydrogens (tertiary/aromatic N) is 3. The molecule has 0 fully saturated rings. The van der Waals surface area contributed by atoms with Crippen molar-refractivity contribution in [3.63, 3.8) is 0 Å². The summed E-state index contributed by atoms with van der Waals surface area (Å²) in [6.45, 7) is 17.2. The van der Waals surface area contributed by atoms with Gasteiger partial charge in [0.1, 0.15) is 12.4 Å². The van der Waals surface area contributed by atoms with Gasteiger partial charge in [-0.25, -0.2) is 9.48 Å². The molecular formula is C32H44ClN5O2. The number of carbonyl (C=O) groups is 2. The predicted octanol–water partition coefficient (Wildman–Crippen LogP) is 8.34. The smallest absolute Gasteiger partial charge is 0.315 e. The van der Waals surface area contributed by atoms with Gasteiger partial charge in [-0.1, -0.05) is 91.6 Å². The zero-order valence-corrected chi connectivity index (χ0v) is 25.9. The number of rotatable bonds is 10. The first-order valence-corrected chi connectivity index (χ1v) is 14.5. The molecule has 2 N–H and O–H groups in total. The number of urea groups is 1. The van der Waals surface area contributed by atoms with Crippen LogP contribution >= 0.6 is 11.6 Å². The molecule has 1 heterocycles. The molecule has 7 nitrogen and oxygen atoms in total. The van der Waals surface area contributed by atoms with E-state index in [0.717, 1.165) is 41.0 Å². The van der Waals surface area contributed by atoms with Gasteiger partial charge in [-0.3, -0.25) is 4.79 Å². The molecule has 0 aliphatic heterocycles. The van der Waals surface area contributed by atoms with Crippen molar-refractivity contribution < 1.29 is 9.59 Å². The van der Waals surface area contributed by atoms with Gasteiger partial charge in [0.15, 0.2) is 0 Å². The fraction of sp³-hybridized carbons (Fsp3) is 0.469. The third kappa shape index (κ3) is 7.87. The summed E-state index contributed by atoms with van der Waals surface area (Å²) in [7, 11) is 0. The Morgan fingerprint density at radius 1 is 0.975 bits per heavy atom. The van der Waals surface area contributed by atoms with Crippen LogP contribution in [0.25, 0.3) is 5.69 Å². The van der Waals surface area contributed by atoms with Crippen LogP contribution in [0.2, 0.25) is 5.02 Å². The number of amides is 3. The number of nitrogens with one attached hydrogen (secondary N) is 2. The van der Waals surface area contributed by atoms with Crippen LogP contribution in [-0.4, -0.2) is 39.7 Å². The van der Waals surface area contributed by atoms with E-state index >= 15 is 0 Å². The van der Waals surface area contributed by atoms with Gasteiger partial charge in [0.2, 0.25) is 5.91 Å². The standard InChI is InChI=1S/C32H44ClN5O2/c1-9-10-18-37(31(40)35-30-25(21(2)3)12-11-13-26(30)22(4)5)20-29(39)34-28-19-27(32(6,7)8)36-38(28)24-16-14-23(33)15-17-24/h11-17,19,21-22H,9-10,18,20H2,1-8H3,(H,34,39)(H,35,40). The van der Waals surface area contributed by atoms with Gasteiger partial charge in [-0.2, -0.15) is 5.10 Å². The number of hydrogen-bond acceptors (Lipinski definition) is 3. The van der Waals surface area contributed by atoms with Gasteiger partial charge in [0.05, 0.1) is 11.4 Å². The molecular weight excluding hydrogens is 522 g/mol. The Balaban J connectivity index is 1.87. The molecule has 216 valence electrons. The van der Waals surface area contributed by atoms with Crippen molar-refractivity contribution in [1.82, 2.24) is 14.7 Å². The van der Waals surface area contributed by atoms with Gasteiger partial charge in [-0.15, -0.1) is 0 Å². The van der Waals surface area contributed by atoms with E-state index < -0.39 is 0 Å². The van der Waals surface area contributed by atoms with Crippen molar-refractivity contribution in [2.75, 3.05) is 23.7 Å². The first-order chi connectivity index (χ1) is 18.8. The van der Waals surface area contributed by atoms with Crippen LogP contribution in [0.15, 0.2) is 48.5 Å². The molecule has 2 aromatic carbocycles. The molecule has 40 heavy (non-hydrogen) atoms. The lowest BCUT2D eigenvalue weighted by atomic mass is 9.92. The Labute approximate surface area is 244 Å². The molecule has 0 unspecified atom stereocenters. The average molecular weight is 566 g/mol. The van der Waals surface area contributed by atoms with Gasteiger partial charge < -0.3 is 15.5 Å². The van der Waals surface area contributed by atoms with E-state index in [2.05, 4.69) is 78.2 Å². The normalized spacial score (nSPS) is 11.7. The summed E-state index contributed by atoms with van der Waals surface area (Å²) in [5, 5.41) is 11.6. The maximum Gasteiger partial charge on any atom is 0.322 e. The number of carbonyl (C=O) groups excluding carboxylic acids is 2. The molecule has 3 rings (SSSR count). The second-order valence-electron chi connectivity index (χ2n) is 11.9. The van der Waals surface area contributed by atoms with Crippen LogP contribution in [0.5, 0.6) is 0 Å². The van der Waals surface area contributed by atoms with Crippen molar-refractivity contribution in [2.45, 2.75) is 85.5 Å². The van der Waals surface area contributed by atoms with E-state index in [1.807, 2.05) is 24.3 Å². The third-order valence-electron chi connectivity index (χ3n) is 6.82. The largest absolute Gasteiger partial charge is 0.322 e. The molecule has 3 amide bonds. The Bertz CT molecular complexity index is 1280. The van der Waals surface area contributed by atoms with E-state index in [4.69, 9.17) is 16.7 Å². The molecule has 3 aromatic rings. The zero-order chi connectivity index (χ0) is 29.6. The molecule has 0 spiro atoms. The van der Waals surface area contributed by atoms with E-state index in [9.17, 15) is 9.59 Å². The number of aromatic nitrogens is 2. The maximum atomic E-state index is 13.6. The Morgan fingerprint density at radius 2 is 1.57 bits per heavy atom. The molecule has 0 radical (unpaired) electrons. The van der Waals surface area contributed by atoms with Gasteiger partial charge in [0.25, 0.3) is 0 Å². The van der Waals surface area contributed by atoms with E-state index in [1.54, 1.807) is 21.7 Å². The number of unbranched alkanes of at least 4 members (excludes halogenated alkanes) is 1. The van der Waals surface area contributed by atoms with Crippen LogP contribution in [0.3, 0.4) is 0 Å². The van der Waals surface area contributed by atoms with Crippen LogP contribution in [0, 0.1) is 0 Å². The Kier molecular flexibility index (Phi) is 10.4. The second-order valence-corrected chi connectivity index (χ2v) is 12.4. The van der Waals surface area contributed by atoms with E-state index in [1.165, 1.54) is 0 Å². The minimum absolute atomic E-state index is 0.0800. The monoisotopic (exact) mass is 565 g/mol. The zero-order valence-electron chi connectivity index (χ0n) is 25.1. The lowest BCUT2D eigenvalue weighted by Crippen LogP contribution is -2.41. The molecule has 0 bridgehead atoms. The number of benzene rings is 2. The average Bonchev–Trinajstić information content (AvgIpc) is 3.31. The summed E-state index contributed by atoms with van der Waals surface area (Å²) in [6.07, 6.45) is 1.70. The van der Waals surface area contributed by atoms with Crippen LogP contribution in [0.4, 0.5) is 16.3 Å². The maximum absolute atomic E-state index is 13.6. The summed E-state index contributed by atoms with van der Waals surface area (Å²) in [5.41, 5.74) is 4.41. The van der Waals surface area contributed by atoms with E-state index in [-0.39, 0.29) is 35.7 Å². The summed E-state index contributed by atoms with van der Waals surface area (Å²) < 4.78 is 1.71. The van der Waals surface area contributed by atoms with Crippen molar-refractivity contribution in [3.05, 3.63) is 70.4 Å². The predicted molar refractivity (Wildman–Crippen MR) is 166 cm³/mol. The number of anilines is 2. The first-order valence-electron chi connectivity index (χ1n) is 14.2. The molecule has 0 saturated heterocycles. The highest BCUT2D eigenvalue weighted by molar-refractivity contribution is 6.30. The van der Waals surface area contributed by atoms with Gasteiger partial charge in [-0.05, 0) is 53.6 Å². The fourth-order valence-electron chi connectivity index (χ4n) is 4.45. The highest BCUT2D eigenvalue weighted by Gasteiger charge is 2.24. The van der Waals surface area contributed by atoms with Crippen LogP contribution in [-0.2, 0) is 10.2 Å². The summed E-state index contributed by atoms with van der Waals surface area (Å²) in [4.78, 5) is 28.6. The third-order valence-corrected chi connectivity index (χ3v) is 7.08. The topological polar surface area (TPSA) is 79.3 Å². The quantitative estimate of drug-likeness (QED) is 0.259. The Hall–Kier alpha value is -3.32. The molecule has 0 aliphatic carbocycles. The van der Waals surface area contributed by atoms with Crippen molar-refractivity contribution in [1.29, 1.82) is 0 Å². The van der Waals surface area contributed by atoms with Crippen LogP contribution < -0.4 is 10.6 Å². The van der Waals surface area contributed by atoms with Crippen molar-refractivity contribution in [3.8, 4) is 5.69 Å².